The lowest BCUT2D eigenvalue weighted by Crippen LogP contribution is -2.66. The van der Waals surface area contributed by atoms with Crippen LogP contribution < -0.4 is 0 Å². The Morgan fingerprint density at radius 1 is 0.958 bits per heavy atom. The van der Waals surface area contributed by atoms with Crippen molar-refractivity contribution in [2.45, 2.75) is 115 Å². The summed E-state index contributed by atoms with van der Waals surface area (Å²) in [5, 5.41) is 12.9. The number of esters is 3. The van der Waals surface area contributed by atoms with Gasteiger partial charge in [0.05, 0.1) is 35.8 Å². The van der Waals surface area contributed by atoms with Crippen LogP contribution >= 0.6 is 0 Å². The summed E-state index contributed by atoms with van der Waals surface area (Å²) < 4.78 is 29.9. The van der Waals surface area contributed by atoms with Crippen LogP contribution in [0.2, 0.25) is 0 Å². The maximum Gasteiger partial charge on any atom is 0.410 e. The minimum atomic E-state index is -1.87. The van der Waals surface area contributed by atoms with E-state index in [4.69, 9.17) is 23.7 Å². The number of hydrogen-bond donors (Lipinski definition) is 1. The molecule has 1 aromatic carbocycles. The summed E-state index contributed by atoms with van der Waals surface area (Å²) in [6, 6.07) is 7.55. The van der Waals surface area contributed by atoms with Gasteiger partial charge in [-0.25, -0.2) is 9.59 Å². The molecule has 5 heterocycles. The van der Waals surface area contributed by atoms with Gasteiger partial charge in [0.1, 0.15) is 22.5 Å². The van der Waals surface area contributed by atoms with E-state index in [0.717, 1.165) is 0 Å². The van der Waals surface area contributed by atoms with Crippen LogP contribution in [0.25, 0.3) is 0 Å². The molecule has 7 rings (SSSR count). The highest BCUT2D eigenvalue weighted by atomic mass is 16.6. The Kier molecular flexibility index (Phi) is 7.11. The van der Waals surface area contributed by atoms with Crippen molar-refractivity contribution < 1.29 is 52.8 Å². The van der Waals surface area contributed by atoms with Gasteiger partial charge in [0, 0.05) is 19.5 Å². The third-order valence-corrected chi connectivity index (χ3v) is 11.7. The maximum atomic E-state index is 14.8. The lowest BCUT2D eigenvalue weighted by atomic mass is 9.52. The fraction of sp³-hybridized carbons (Fsp3) is 0.686. The van der Waals surface area contributed by atoms with Crippen molar-refractivity contribution in [1.29, 1.82) is 0 Å². The summed E-state index contributed by atoms with van der Waals surface area (Å²) >= 11 is 0. The molecule has 13 heteroatoms. The average molecular weight is 669 g/mol. The van der Waals surface area contributed by atoms with Crippen molar-refractivity contribution >= 4 is 29.9 Å². The Morgan fingerprint density at radius 2 is 1.62 bits per heavy atom. The van der Waals surface area contributed by atoms with Crippen molar-refractivity contribution in [2.24, 2.45) is 16.2 Å². The van der Waals surface area contributed by atoms with E-state index in [1.165, 1.54) is 4.90 Å². The van der Waals surface area contributed by atoms with Crippen LogP contribution in [-0.4, -0.2) is 106 Å². The molecule has 0 aromatic heterocycles. The van der Waals surface area contributed by atoms with Gasteiger partial charge in [0.2, 0.25) is 0 Å². The zero-order valence-electron chi connectivity index (χ0n) is 28.3. The average Bonchev–Trinajstić information content (AvgIpc) is 3.73. The fourth-order valence-corrected chi connectivity index (χ4v) is 9.44. The van der Waals surface area contributed by atoms with E-state index >= 15 is 0 Å². The van der Waals surface area contributed by atoms with E-state index in [0.29, 0.717) is 32.4 Å². The number of rotatable bonds is 3. The van der Waals surface area contributed by atoms with Gasteiger partial charge in [-0.05, 0) is 57.6 Å². The van der Waals surface area contributed by atoms with Gasteiger partial charge in [0.25, 0.3) is 5.91 Å². The van der Waals surface area contributed by atoms with Crippen LogP contribution in [0.1, 0.15) is 84.0 Å². The first kappa shape index (κ1) is 32.8. The molecular weight excluding hydrogens is 624 g/mol. The lowest BCUT2D eigenvalue weighted by Gasteiger charge is -2.51. The Morgan fingerprint density at radius 3 is 2.25 bits per heavy atom. The van der Waals surface area contributed by atoms with Gasteiger partial charge in [0.15, 0.2) is 12.3 Å². The summed E-state index contributed by atoms with van der Waals surface area (Å²) in [5.74, 6) is -2.85. The molecule has 3 spiro atoms. The van der Waals surface area contributed by atoms with Gasteiger partial charge in [-0.15, -0.1) is 0 Å². The zero-order chi connectivity index (χ0) is 34.7. The maximum absolute atomic E-state index is 14.8. The molecule has 1 aliphatic carbocycles. The molecular formula is C35H44N2O11. The van der Waals surface area contributed by atoms with Gasteiger partial charge >= 0.3 is 24.0 Å². The zero-order valence-corrected chi connectivity index (χ0v) is 28.3. The van der Waals surface area contributed by atoms with Crippen molar-refractivity contribution in [3.8, 4) is 0 Å². The van der Waals surface area contributed by atoms with E-state index < -0.39 is 93.9 Å². The smallest absolute Gasteiger partial charge is 0.410 e. The van der Waals surface area contributed by atoms with Gasteiger partial charge < -0.3 is 33.7 Å². The molecule has 0 bridgehead atoms. The Labute approximate surface area is 279 Å². The number of nitrogens with zero attached hydrogens (tertiary/aromatic N) is 2. The first-order valence-corrected chi connectivity index (χ1v) is 16.7. The van der Waals surface area contributed by atoms with Crippen LogP contribution in [0.15, 0.2) is 30.3 Å². The Balaban J connectivity index is 1.26. The number of piperidine rings is 1. The monoisotopic (exact) mass is 668 g/mol. The third-order valence-electron chi connectivity index (χ3n) is 11.7. The van der Waals surface area contributed by atoms with E-state index in [9.17, 15) is 29.1 Å². The topological polar surface area (TPSA) is 158 Å². The molecule has 2 amide bonds. The second-order valence-corrected chi connectivity index (χ2v) is 16.3. The second kappa shape index (κ2) is 10.4. The SMILES string of the molecule is CC(C)(C)OC(=O)N1CCC2(CC1)CC(N1C(=O)[C@H](OC(=O)c3ccccc3)[C@@]34[C@@H]1OC(=O)[C@@]31CC(=O)O[C@H]1C[C@@]4(O)C(C)(C)C)CO2. The summed E-state index contributed by atoms with van der Waals surface area (Å²) in [7, 11) is 0. The predicted molar refractivity (Wildman–Crippen MR) is 165 cm³/mol. The largest absolute Gasteiger partial charge is 0.461 e. The molecule has 7 atom stereocenters. The quantitative estimate of drug-likeness (QED) is 0.373. The number of carbonyl (C=O) groups is 5. The van der Waals surface area contributed by atoms with Crippen LogP contribution in [0.5, 0.6) is 0 Å². The van der Waals surface area contributed by atoms with E-state index in [1.54, 1.807) is 56.0 Å². The van der Waals surface area contributed by atoms with Crippen LogP contribution in [-0.2, 0) is 38.1 Å². The Hall–Kier alpha value is -3.71. The minimum absolute atomic E-state index is 0.0987. The van der Waals surface area contributed by atoms with Gasteiger partial charge in [-0.1, -0.05) is 39.0 Å². The number of hydrogen-bond acceptors (Lipinski definition) is 11. The second-order valence-electron chi connectivity index (χ2n) is 16.3. The first-order valence-electron chi connectivity index (χ1n) is 16.7. The molecule has 13 nitrogen and oxygen atoms in total. The van der Waals surface area contributed by atoms with Crippen LogP contribution in [0.4, 0.5) is 4.79 Å². The van der Waals surface area contributed by atoms with Gasteiger partial charge in [-0.2, -0.15) is 0 Å². The molecule has 1 N–H and O–H groups in total. The summed E-state index contributed by atoms with van der Waals surface area (Å²) in [5.41, 5.74) is -7.60. The summed E-state index contributed by atoms with van der Waals surface area (Å²) in [6.45, 7) is 11.7. The Bertz CT molecular complexity index is 1560. The summed E-state index contributed by atoms with van der Waals surface area (Å²) in [4.78, 5) is 71.4. The van der Waals surface area contributed by atoms with Crippen molar-refractivity contribution in [3.63, 3.8) is 0 Å². The highest BCUT2D eigenvalue weighted by molar-refractivity contribution is 5.99. The highest BCUT2D eigenvalue weighted by Gasteiger charge is 2.94. The lowest BCUT2D eigenvalue weighted by molar-refractivity contribution is -0.213. The number of benzene rings is 1. The molecule has 6 fully saturated rings. The molecule has 1 aromatic rings. The number of likely N-dealkylation sites (tertiary alicyclic amines) is 2. The van der Waals surface area contributed by atoms with Crippen molar-refractivity contribution in [2.75, 3.05) is 19.7 Å². The molecule has 260 valence electrons. The number of aliphatic hydroxyl groups is 1. The van der Waals surface area contributed by atoms with E-state index in [-0.39, 0.29) is 18.6 Å². The molecule has 1 saturated carbocycles. The van der Waals surface area contributed by atoms with Crippen LogP contribution in [0, 0.1) is 16.2 Å². The normalized spacial score (nSPS) is 36.9. The van der Waals surface area contributed by atoms with Crippen molar-refractivity contribution in [1.82, 2.24) is 9.80 Å². The van der Waals surface area contributed by atoms with E-state index in [1.807, 2.05) is 20.8 Å². The molecule has 6 aliphatic rings. The molecule has 5 aliphatic heterocycles. The third kappa shape index (κ3) is 4.31. The fourth-order valence-electron chi connectivity index (χ4n) is 9.44. The van der Waals surface area contributed by atoms with Gasteiger partial charge in [-0.3, -0.25) is 19.3 Å². The number of ether oxygens (including phenoxy) is 5. The van der Waals surface area contributed by atoms with Crippen molar-refractivity contribution in [3.05, 3.63) is 35.9 Å². The van der Waals surface area contributed by atoms with Crippen LogP contribution in [0.3, 0.4) is 0 Å². The highest BCUT2D eigenvalue weighted by Crippen LogP contribution is 2.76. The first-order chi connectivity index (χ1) is 22.4. The molecule has 48 heavy (non-hydrogen) atoms. The standard InChI is InChI=1S/C35H44N2O11/c1-30(2,3)34(43)17-22-33(18-23(38)45-22)28(41)47-27-35(33,34)24(46-26(40)20-10-8-7-9-11-20)25(39)37(27)21-16-32(44-19-21)12-14-36(15-13-32)29(42)48-31(4,5)6/h7-11,21-22,24,27,43H,12-19H2,1-6H3/t21?,22-,24-,27-,33-,34+,35+/m0/s1. The van der Waals surface area contributed by atoms with E-state index in [2.05, 4.69) is 0 Å². The minimum Gasteiger partial charge on any atom is -0.461 e. The number of carbonyl (C=O) groups excluding carboxylic acids is 5. The number of amides is 2. The summed E-state index contributed by atoms with van der Waals surface area (Å²) in [6.07, 6.45) is -3.72. The predicted octanol–water partition coefficient (Wildman–Crippen LogP) is 2.96. The molecule has 5 saturated heterocycles. The molecule has 0 radical (unpaired) electrons. The molecule has 1 unspecified atom stereocenters.